The second-order valence-corrected chi connectivity index (χ2v) is 20.6. The Hall–Kier alpha value is -1.56. The average molecular weight is 867 g/mol. The number of aliphatic hydroxyl groups excluding tert-OH is 2. The molecule has 6 rings (SSSR count). The topological polar surface area (TPSA) is 189 Å². The first-order valence-corrected chi connectivity index (χ1v) is 23.2. The lowest BCUT2D eigenvalue weighted by Gasteiger charge is -2.54. The van der Waals surface area contributed by atoms with Gasteiger partial charge in [-0.05, 0) is 64.4 Å². The molecule has 4 N–H and O–H groups in total. The summed E-state index contributed by atoms with van der Waals surface area (Å²) >= 11 is 0. The van der Waals surface area contributed by atoms with Crippen LogP contribution in [0.15, 0.2) is 11.6 Å². The number of hydrogen-bond acceptors (Lipinski definition) is 13. The summed E-state index contributed by atoms with van der Waals surface area (Å²) in [6.07, 6.45) is 3.25. The predicted molar refractivity (Wildman–Crippen MR) is 224 cm³/mol. The van der Waals surface area contributed by atoms with Gasteiger partial charge in [0.2, 0.25) is 0 Å². The second-order valence-electron chi connectivity index (χ2n) is 20.6. The van der Waals surface area contributed by atoms with Crippen molar-refractivity contribution in [3.8, 4) is 0 Å². The maximum Gasteiger partial charge on any atom is 0.306 e. The van der Waals surface area contributed by atoms with Gasteiger partial charge in [0.1, 0.15) is 0 Å². The minimum absolute atomic E-state index is 0.0130. The fraction of sp³-hybridized carbons (Fsp3) is 0.915. The Morgan fingerprint density at radius 1 is 0.902 bits per heavy atom. The monoisotopic (exact) mass is 867 g/mol. The minimum atomic E-state index is -1.66. The Morgan fingerprint density at radius 2 is 1.61 bits per heavy atom. The van der Waals surface area contributed by atoms with E-state index >= 15 is 0 Å². The molecule has 61 heavy (non-hydrogen) atoms. The highest BCUT2D eigenvalue weighted by Crippen LogP contribution is 2.56. The van der Waals surface area contributed by atoms with Crippen molar-refractivity contribution in [1.29, 1.82) is 0 Å². The van der Waals surface area contributed by atoms with Crippen molar-refractivity contribution in [2.75, 3.05) is 13.7 Å². The Balaban J connectivity index is 1.24. The van der Waals surface area contributed by atoms with Gasteiger partial charge in [0.25, 0.3) is 0 Å². The number of ether oxygens (including phenoxy) is 8. The molecule has 21 atom stereocenters. The van der Waals surface area contributed by atoms with E-state index in [1.54, 1.807) is 27.9 Å². The van der Waals surface area contributed by atoms with Crippen molar-refractivity contribution in [2.45, 2.75) is 212 Å². The number of hydrogen-bond donors (Lipinski definition) is 4. The molecule has 6 aliphatic rings. The third-order valence-corrected chi connectivity index (χ3v) is 15.9. The van der Waals surface area contributed by atoms with Gasteiger partial charge in [0.15, 0.2) is 29.4 Å². The third-order valence-electron chi connectivity index (χ3n) is 15.9. The molecule has 6 fully saturated rings. The summed E-state index contributed by atoms with van der Waals surface area (Å²) in [5, 5.41) is 42.5. The Labute approximate surface area is 363 Å². The van der Waals surface area contributed by atoms with Crippen LogP contribution in [0.2, 0.25) is 0 Å². The molecule has 6 saturated heterocycles. The van der Waals surface area contributed by atoms with Gasteiger partial charge in [-0.1, -0.05) is 61.5 Å². The maximum atomic E-state index is 13.4. The highest BCUT2D eigenvalue weighted by Gasteiger charge is 2.65. The van der Waals surface area contributed by atoms with Crippen LogP contribution in [-0.4, -0.2) is 124 Å². The van der Waals surface area contributed by atoms with Gasteiger partial charge in [-0.15, -0.1) is 0 Å². The Morgan fingerprint density at radius 3 is 2.25 bits per heavy atom. The standard InChI is InChI=1S/C47H78O14/c1-24(40(50)25(2)18-28(5)43(51)52)17-26(3)41-31(8)34(49)22-45(59-41)16-15-44(11,61-45)38-21-36(56-39-14-13-35(54-12)33(10)55-39)32(9)47(58-38)30(7)20-37(57-47)42-27(4)19-29(6)46(53,23-48)60-42/h17,25-39,41-42,48-49,53H,13-16,18-23H2,1-12H3,(H,51,52)/t25-,26+,27+,28+,29-,30+,31-,32-,33-,34+,35+,36+,37-,38-,39-,41-,42+,44+,45-,46+,47+/m1/s1. The number of rotatable bonds is 13. The van der Waals surface area contributed by atoms with Gasteiger partial charge in [-0.25, -0.2) is 0 Å². The lowest BCUT2D eigenvalue weighted by molar-refractivity contribution is -0.390. The van der Waals surface area contributed by atoms with Gasteiger partial charge in [0.05, 0.1) is 67.0 Å². The van der Waals surface area contributed by atoms with Crippen LogP contribution in [0.25, 0.3) is 0 Å². The van der Waals surface area contributed by atoms with E-state index in [2.05, 4.69) is 27.7 Å². The maximum absolute atomic E-state index is 13.4. The highest BCUT2D eigenvalue weighted by molar-refractivity contribution is 5.96. The number of methoxy groups -OCH3 is 1. The molecule has 6 aliphatic heterocycles. The summed E-state index contributed by atoms with van der Waals surface area (Å²) in [4.78, 5) is 24.8. The van der Waals surface area contributed by atoms with E-state index in [9.17, 15) is 30.0 Å². The van der Waals surface area contributed by atoms with Gasteiger partial charge in [-0.2, -0.15) is 0 Å². The van der Waals surface area contributed by atoms with Crippen LogP contribution in [0.1, 0.15) is 134 Å². The average Bonchev–Trinajstić information content (AvgIpc) is 3.71. The van der Waals surface area contributed by atoms with E-state index in [0.29, 0.717) is 44.1 Å². The number of carboxylic acids is 1. The van der Waals surface area contributed by atoms with Crippen LogP contribution in [0.3, 0.4) is 0 Å². The number of carboxylic acid groups (broad SMARTS) is 1. The Kier molecular flexibility index (Phi) is 15.0. The molecule has 0 bridgehead atoms. The molecule has 14 nitrogen and oxygen atoms in total. The van der Waals surface area contributed by atoms with Gasteiger partial charge in [-0.3, -0.25) is 9.59 Å². The zero-order chi connectivity index (χ0) is 45.0. The second kappa shape index (κ2) is 18.7. The van der Waals surface area contributed by atoms with Gasteiger partial charge in [0, 0.05) is 68.3 Å². The molecule has 350 valence electrons. The molecular weight excluding hydrogens is 789 g/mol. The van der Waals surface area contributed by atoms with E-state index in [4.69, 9.17) is 37.9 Å². The molecule has 0 radical (unpaired) electrons. The number of aliphatic hydroxyl groups is 3. The van der Waals surface area contributed by atoms with E-state index in [1.807, 2.05) is 33.8 Å². The first-order chi connectivity index (χ1) is 28.5. The Bertz CT molecular complexity index is 1570. The molecule has 0 unspecified atom stereocenters. The van der Waals surface area contributed by atoms with E-state index in [-0.39, 0.29) is 72.4 Å². The zero-order valence-electron chi connectivity index (χ0n) is 38.8. The summed E-state index contributed by atoms with van der Waals surface area (Å²) in [5.74, 6) is -7.01. The quantitative estimate of drug-likeness (QED) is 0.154. The molecule has 0 aromatic carbocycles. The number of allylic oxidation sites excluding steroid dienone is 1. The SMILES string of the molecule is CO[C@H]1CC[C@@H](O[C@H]2C[C@H]([C@]3(C)CC[C@]4(C[C@H](O)[C@@H](C)[C@@H]([C@@H](C)C=C(C)C(=O)[C@H](C)C[C@H](C)C(=O)O)O4)O3)O[C@]3(O[C@@H]([C@H]4O[C@@](O)(CO)[C@H](C)C[C@@H]4C)C[C@@H]3C)[C@@H]2C)O[C@@H]1C. The fourth-order valence-corrected chi connectivity index (χ4v) is 11.8. The molecule has 0 saturated carbocycles. The molecule has 14 heteroatoms. The lowest BCUT2D eigenvalue weighted by Crippen LogP contribution is -2.63. The van der Waals surface area contributed by atoms with Crippen molar-refractivity contribution in [2.24, 2.45) is 47.3 Å². The number of ketones is 1. The van der Waals surface area contributed by atoms with Crippen molar-refractivity contribution < 1.29 is 67.9 Å². The van der Waals surface area contributed by atoms with Crippen LogP contribution in [0.4, 0.5) is 0 Å². The van der Waals surface area contributed by atoms with Crippen molar-refractivity contribution in [3.63, 3.8) is 0 Å². The van der Waals surface area contributed by atoms with Gasteiger partial charge < -0.3 is 58.3 Å². The third kappa shape index (κ3) is 9.71. The summed E-state index contributed by atoms with van der Waals surface area (Å²) in [6, 6.07) is 0. The molecule has 0 amide bonds. The van der Waals surface area contributed by atoms with Gasteiger partial charge >= 0.3 is 5.97 Å². The molecule has 0 aromatic rings. The van der Waals surface area contributed by atoms with Crippen molar-refractivity contribution in [3.05, 3.63) is 11.6 Å². The van der Waals surface area contributed by atoms with Crippen LogP contribution < -0.4 is 0 Å². The zero-order valence-corrected chi connectivity index (χ0v) is 38.8. The molecule has 6 heterocycles. The van der Waals surface area contributed by atoms with Crippen LogP contribution in [-0.2, 0) is 47.5 Å². The summed E-state index contributed by atoms with van der Waals surface area (Å²) in [6.45, 7) is 20.9. The van der Waals surface area contributed by atoms with E-state index < -0.39 is 84.2 Å². The highest BCUT2D eigenvalue weighted by atomic mass is 16.8. The lowest BCUT2D eigenvalue weighted by atomic mass is 9.76. The minimum Gasteiger partial charge on any atom is -0.481 e. The molecule has 0 aromatic heterocycles. The molecular formula is C47H78O14. The summed E-state index contributed by atoms with van der Waals surface area (Å²) in [7, 11) is 1.70. The number of Topliss-reactive ketones (excluding diaryl/α,β-unsaturated/α-hetero) is 1. The van der Waals surface area contributed by atoms with Crippen molar-refractivity contribution >= 4 is 11.8 Å². The molecule has 0 aliphatic carbocycles. The van der Waals surface area contributed by atoms with Crippen LogP contribution in [0, 0.1) is 47.3 Å². The number of carbonyl (C=O) groups is 2. The fourth-order valence-electron chi connectivity index (χ4n) is 11.8. The first-order valence-electron chi connectivity index (χ1n) is 23.2. The van der Waals surface area contributed by atoms with E-state index in [0.717, 1.165) is 6.42 Å². The number of carbonyl (C=O) groups excluding carboxylic acids is 1. The normalized spacial score (nSPS) is 48.6. The summed E-state index contributed by atoms with van der Waals surface area (Å²) in [5.41, 5.74) is -0.326. The van der Waals surface area contributed by atoms with Crippen molar-refractivity contribution in [1.82, 2.24) is 0 Å². The van der Waals surface area contributed by atoms with Crippen LogP contribution in [0.5, 0.6) is 0 Å². The number of aliphatic carboxylic acids is 1. The first kappa shape index (κ1) is 48.9. The van der Waals surface area contributed by atoms with Crippen LogP contribution >= 0.6 is 0 Å². The van der Waals surface area contributed by atoms with E-state index in [1.165, 1.54) is 0 Å². The molecule has 2 spiro atoms. The largest absolute Gasteiger partial charge is 0.481 e. The summed E-state index contributed by atoms with van der Waals surface area (Å²) < 4.78 is 53.9. The smallest absolute Gasteiger partial charge is 0.306 e. The predicted octanol–water partition coefficient (Wildman–Crippen LogP) is 6.15.